The summed E-state index contributed by atoms with van der Waals surface area (Å²) >= 11 is 11.8. The second-order valence-corrected chi connectivity index (χ2v) is 5.75. The molecule has 2 aromatic carbocycles. The van der Waals surface area contributed by atoms with Gasteiger partial charge in [-0.15, -0.1) is 0 Å². The number of methoxy groups -OCH3 is 1. The summed E-state index contributed by atoms with van der Waals surface area (Å²) in [5.41, 5.74) is 2.72. The van der Waals surface area contributed by atoms with E-state index in [9.17, 15) is 4.79 Å². The SMILES string of the molecule is COCc1nc2ccc(NC(=O)c3ccc(Cl)c(Cl)c3)cc2[nH]1. The number of amides is 1. The summed E-state index contributed by atoms with van der Waals surface area (Å²) in [5.74, 6) is 0.468. The minimum Gasteiger partial charge on any atom is -0.377 e. The van der Waals surface area contributed by atoms with Gasteiger partial charge in [0.1, 0.15) is 12.4 Å². The molecule has 118 valence electrons. The van der Waals surface area contributed by atoms with Crippen LogP contribution in [-0.2, 0) is 11.3 Å². The van der Waals surface area contributed by atoms with Gasteiger partial charge < -0.3 is 15.0 Å². The van der Waals surface area contributed by atoms with Crippen LogP contribution in [0.25, 0.3) is 11.0 Å². The van der Waals surface area contributed by atoms with Gasteiger partial charge in [-0.05, 0) is 36.4 Å². The van der Waals surface area contributed by atoms with E-state index >= 15 is 0 Å². The number of nitrogens with one attached hydrogen (secondary N) is 2. The number of aromatic nitrogens is 2. The average molecular weight is 350 g/mol. The molecule has 1 amide bonds. The molecule has 2 N–H and O–H groups in total. The normalized spacial score (nSPS) is 10.9. The number of hydrogen-bond donors (Lipinski definition) is 2. The van der Waals surface area contributed by atoms with E-state index in [2.05, 4.69) is 15.3 Å². The Hall–Kier alpha value is -2.08. The van der Waals surface area contributed by atoms with E-state index in [0.717, 1.165) is 16.9 Å². The highest BCUT2D eigenvalue weighted by Crippen LogP contribution is 2.23. The summed E-state index contributed by atoms with van der Waals surface area (Å²) < 4.78 is 5.04. The van der Waals surface area contributed by atoms with E-state index in [4.69, 9.17) is 27.9 Å². The first kappa shape index (κ1) is 15.8. The fraction of sp³-hybridized carbons (Fsp3) is 0.125. The molecule has 7 heteroatoms. The lowest BCUT2D eigenvalue weighted by Crippen LogP contribution is -2.11. The molecule has 0 radical (unpaired) electrons. The van der Waals surface area contributed by atoms with Crippen molar-refractivity contribution >= 4 is 45.8 Å². The maximum Gasteiger partial charge on any atom is 0.255 e. The second-order valence-electron chi connectivity index (χ2n) is 4.93. The zero-order valence-electron chi connectivity index (χ0n) is 12.2. The van der Waals surface area contributed by atoms with Crippen molar-refractivity contribution in [2.24, 2.45) is 0 Å². The Balaban J connectivity index is 1.82. The van der Waals surface area contributed by atoms with Crippen LogP contribution in [0.1, 0.15) is 16.2 Å². The van der Waals surface area contributed by atoms with Gasteiger partial charge in [0.05, 0.1) is 21.1 Å². The van der Waals surface area contributed by atoms with E-state index in [1.807, 2.05) is 12.1 Å². The van der Waals surface area contributed by atoms with Crippen molar-refractivity contribution in [2.45, 2.75) is 6.61 Å². The summed E-state index contributed by atoms with van der Waals surface area (Å²) in [6, 6.07) is 10.2. The third-order valence-corrected chi connectivity index (χ3v) is 3.99. The quantitative estimate of drug-likeness (QED) is 0.739. The summed E-state index contributed by atoms with van der Waals surface area (Å²) in [7, 11) is 1.61. The van der Waals surface area contributed by atoms with Crippen LogP contribution in [0.2, 0.25) is 10.0 Å². The molecule has 0 bridgehead atoms. The lowest BCUT2D eigenvalue weighted by molar-refractivity contribution is 0.102. The number of fused-ring (bicyclic) bond motifs is 1. The number of ether oxygens (including phenoxy) is 1. The molecule has 0 aliphatic rings. The van der Waals surface area contributed by atoms with Crippen LogP contribution in [0.3, 0.4) is 0 Å². The molecule has 0 saturated carbocycles. The molecule has 3 rings (SSSR count). The van der Waals surface area contributed by atoms with Crippen LogP contribution in [0.4, 0.5) is 5.69 Å². The minimum absolute atomic E-state index is 0.264. The molecule has 5 nitrogen and oxygen atoms in total. The number of H-pyrrole nitrogens is 1. The molecule has 0 unspecified atom stereocenters. The van der Waals surface area contributed by atoms with E-state index in [1.54, 1.807) is 25.3 Å². The average Bonchev–Trinajstić information content (AvgIpc) is 2.92. The summed E-state index contributed by atoms with van der Waals surface area (Å²) in [6.45, 7) is 0.402. The molecule has 23 heavy (non-hydrogen) atoms. The van der Waals surface area contributed by atoms with Crippen molar-refractivity contribution in [3.05, 3.63) is 57.8 Å². The first-order valence-electron chi connectivity index (χ1n) is 6.81. The van der Waals surface area contributed by atoms with Crippen LogP contribution in [0, 0.1) is 0 Å². The Morgan fingerprint density at radius 2 is 2.04 bits per heavy atom. The highest BCUT2D eigenvalue weighted by molar-refractivity contribution is 6.42. The van der Waals surface area contributed by atoms with Crippen molar-refractivity contribution in [1.29, 1.82) is 0 Å². The van der Waals surface area contributed by atoms with Crippen LogP contribution in [0.5, 0.6) is 0 Å². The van der Waals surface area contributed by atoms with Crippen molar-refractivity contribution < 1.29 is 9.53 Å². The molecule has 0 saturated heterocycles. The van der Waals surface area contributed by atoms with Gasteiger partial charge in [-0.1, -0.05) is 23.2 Å². The number of rotatable bonds is 4. The monoisotopic (exact) mass is 349 g/mol. The van der Waals surface area contributed by atoms with E-state index in [-0.39, 0.29) is 5.91 Å². The molecule has 1 heterocycles. The molecular formula is C16H13Cl2N3O2. The predicted octanol–water partition coefficient (Wildman–Crippen LogP) is 4.27. The molecular weight excluding hydrogens is 337 g/mol. The number of benzene rings is 2. The van der Waals surface area contributed by atoms with Crippen LogP contribution < -0.4 is 5.32 Å². The van der Waals surface area contributed by atoms with Crippen molar-refractivity contribution in [2.75, 3.05) is 12.4 Å². The van der Waals surface area contributed by atoms with Gasteiger partial charge in [-0.3, -0.25) is 4.79 Å². The van der Waals surface area contributed by atoms with Gasteiger partial charge in [0.2, 0.25) is 0 Å². The Labute approximate surface area is 142 Å². The Bertz CT molecular complexity index is 877. The molecule has 0 fully saturated rings. The van der Waals surface area contributed by atoms with Crippen molar-refractivity contribution in [3.63, 3.8) is 0 Å². The number of aromatic amines is 1. The number of halogens is 2. The Morgan fingerprint density at radius 1 is 1.22 bits per heavy atom. The largest absolute Gasteiger partial charge is 0.377 e. The van der Waals surface area contributed by atoms with Gasteiger partial charge >= 0.3 is 0 Å². The maximum atomic E-state index is 12.3. The second kappa shape index (κ2) is 6.58. The van der Waals surface area contributed by atoms with Crippen LogP contribution in [-0.4, -0.2) is 23.0 Å². The maximum absolute atomic E-state index is 12.3. The zero-order valence-corrected chi connectivity index (χ0v) is 13.7. The highest BCUT2D eigenvalue weighted by atomic mass is 35.5. The highest BCUT2D eigenvalue weighted by Gasteiger charge is 2.10. The van der Waals surface area contributed by atoms with E-state index in [0.29, 0.717) is 27.9 Å². The first-order valence-corrected chi connectivity index (χ1v) is 7.56. The lowest BCUT2D eigenvalue weighted by Gasteiger charge is -2.06. The fourth-order valence-electron chi connectivity index (χ4n) is 2.19. The Kier molecular flexibility index (Phi) is 4.52. The summed E-state index contributed by atoms with van der Waals surface area (Å²) in [4.78, 5) is 19.8. The number of nitrogens with zero attached hydrogens (tertiary/aromatic N) is 1. The topological polar surface area (TPSA) is 67.0 Å². The smallest absolute Gasteiger partial charge is 0.255 e. The Morgan fingerprint density at radius 3 is 2.78 bits per heavy atom. The van der Waals surface area contributed by atoms with E-state index < -0.39 is 0 Å². The summed E-state index contributed by atoms with van der Waals surface area (Å²) in [5, 5.41) is 3.57. The number of imidazole rings is 1. The van der Waals surface area contributed by atoms with Gasteiger partial charge in [0.25, 0.3) is 5.91 Å². The molecule has 1 aromatic heterocycles. The first-order chi connectivity index (χ1) is 11.1. The summed E-state index contributed by atoms with van der Waals surface area (Å²) in [6.07, 6.45) is 0. The van der Waals surface area contributed by atoms with Crippen molar-refractivity contribution in [3.8, 4) is 0 Å². The molecule has 0 aliphatic carbocycles. The van der Waals surface area contributed by atoms with Gasteiger partial charge in [0.15, 0.2) is 0 Å². The fourth-order valence-corrected chi connectivity index (χ4v) is 2.48. The molecule has 0 aliphatic heterocycles. The zero-order chi connectivity index (χ0) is 16.4. The van der Waals surface area contributed by atoms with Gasteiger partial charge in [0, 0.05) is 18.4 Å². The third kappa shape index (κ3) is 3.47. The van der Waals surface area contributed by atoms with Crippen molar-refractivity contribution in [1.82, 2.24) is 9.97 Å². The molecule has 3 aromatic rings. The predicted molar refractivity (Wildman–Crippen MR) is 91.2 cm³/mol. The molecule has 0 spiro atoms. The number of carbonyl (C=O) groups excluding carboxylic acids is 1. The molecule has 0 atom stereocenters. The lowest BCUT2D eigenvalue weighted by atomic mass is 10.2. The van der Waals surface area contributed by atoms with Crippen LogP contribution >= 0.6 is 23.2 Å². The standard InChI is InChI=1S/C16H13Cl2N3O2/c1-23-8-15-20-13-5-3-10(7-14(13)21-15)19-16(22)9-2-4-11(17)12(18)6-9/h2-7H,8H2,1H3,(H,19,22)(H,20,21). The van der Waals surface area contributed by atoms with Crippen LogP contribution in [0.15, 0.2) is 36.4 Å². The van der Waals surface area contributed by atoms with Gasteiger partial charge in [-0.2, -0.15) is 0 Å². The third-order valence-electron chi connectivity index (χ3n) is 3.25. The number of hydrogen-bond acceptors (Lipinski definition) is 3. The van der Waals surface area contributed by atoms with E-state index in [1.165, 1.54) is 6.07 Å². The minimum atomic E-state index is -0.264. The van der Waals surface area contributed by atoms with Gasteiger partial charge in [-0.25, -0.2) is 4.98 Å². The number of carbonyl (C=O) groups is 1. The number of anilines is 1.